The molecule has 0 aliphatic carbocycles. The van der Waals surface area contributed by atoms with Crippen LogP contribution in [0.4, 0.5) is 0 Å². The van der Waals surface area contributed by atoms with Crippen LogP contribution in [0.2, 0.25) is 0 Å². The fraction of sp³-hybridized carbons (Fsp3) is 0.360. The molecular formula is C25H26N2O6S. The lowest BCUT2D eigenvalue weighted by Gasteiger charge is -2.20. The Morgan fingerprint density at radius 1 is 1.18 bits per heavy atom. The number of methoxy groups -OCH3 is 1. The number of para-hydroxylation sites is 1. The first-order valence-corrected chi connectivity index (χ1v) is 12.2. The van der Waals surface area contributed by atoms with Crippen LogP contribution >= 0.6 is 11.3 Å². The van der Waals surface area contributed by atoms with Crippen LogP contribution in [-0.2, 0) is 30.7 Å². The average Bonchev–Trinajstić information content (AvgIpc) is 3.49. The minimum absolute atomic E-state index is 0.174. The number of esters is 1. The molecule has 34 heavy (non-hydrogen) atoms. The Morgan fingerprint density at radius 3 is 2.91 bits per heavy atom. The van der Waals surface area contributed by atoms with Gasteiger partial charge in [0.25, 0.3) is 5.56 Å². The van der Waals surface area contributed by atoms with Gasteiger partial charge in [-0.05, 0) is 28.5 Å². The van der Waals surface area contributed by atoms with Crippen LogP contribution in [0.15, 0.2) is 45.9 Å². The van der Waals surface area contributed by atoms with E-state index in [1.54, 1.807) is 15.9 Å². The van der Waals surface area contributed by atoms with E-state index in [0.29, 0.717) is 62.6 Å². The number of rotatable bonds is 7. The van der Waals surface area contributed by atoms with Gasteiger partial charge >= 0.3 is 5.97 Å². The molecule has 9 heteroatoms. The molecular weight excluding hydrogens is 456 g/mol. The lowest BCUT2D eigenvalue weighted by Crippen LogP contribution is -2.29. The standard InChI is InChI=1S/C25H26N2O6S/c1-30-25(29)23-19-5-8-26(14-18-3-2-4-20-24(18)33-16-32-20)9-10-27(19)22(28)13-21(23)31-11-6-17-7-12-34-15-17/h2-4,7,12-13,15H,5-6,8-11,14,16H2,1H3. The lowest BCUT2D eigenvalue weighted by molar-refractivity contribution is 0.0593. The molecule has 0 unspecified atom stereocenters. The molecule has 0 bridgehead atoms. The minimum Gasteiger partial charge on any atom is -0.492 e. The highest BCUT2D eigenvalue weighted by atomic mass is 32.1. The van der Waals surface area contributed by atoms with Crippen molar-refractivity contribution in [1.29, 1.82) is 0 Å². The van der Waals surface area contributed by atoms with E-state index in [1.165, 1.54) is 13.2 Å². The maximum absolute atomic E-state index is 13.0. The Balaban J connectivity index is 1.37. The molecule has 0 radical (unpaired) electrons. The number of nitrogens with zero attached hydrogens (tertiary/aromatic N) is 2. The van der Waals surface area contributed by atoms with Gasteiger partial charge in [-0.2, -0.15) is 11.3 Å². The van der Waals surface area contributed by atoms with Gasteiger partial charge in [0.15, 0.2) is 11.5 Å². The Labute approximate surface area is 201 Å². The fourth-order valence-corrected chi connectivity index (χ4v) is 5.16. The van der Waals surface area contributed by atoms with E-state index in [2.05, 4.69) is 10.3 Å². The molecule has 0 spiro atoms. The predicted octanol–water partition coefficient (Wildman–Crippen LogP) is 3.10. The number of aromatic nitrogens is 1. The lowest BCUT2D eigenvalue weighted by atomic mass is 10.1. The van der Waals surface area contributed by atoms with Crippen LogP contribution in [0, 0.1) is 0 Å². The van der Waals surface area contributed by atoms with E-state index >= 15 is 0 Å². The summed E-state index contributed by atoms with van der Waals surface area (Å²) in [5, 5.41) is 4.07. The van der Waals surface area contributed by atoms with Crippen molar-refractivity contribution >= 4 is 17.3 Å². The van der Waals surface area contributed by atoms with Crippen LogP contribution in [0.3, 0.4) is 0 Å². The van der Waals surface area contributed by atoms with Gasteiger partial charge in [0.2, 0.25) is 6.79 Å². The van der Waals surface area contributed by atoms with Gasteiger partial charge in [0.1, 0.15) is 11.3 Å². The molecule has 2 aliphatic heterocycles. The quantitative estimate of drug-likeness (QED) is 0.479. The summed E-state index contributed by atoms with van der Waals surface area (Å²) in [6.07, 6.45) is 1.22. The van der Waals surface area contributed by atoms with E-state index in [9.17, 15) is 9.59 Å². The Morgan fingerprint density at radius 2 is 2.09 bits per heavy atom. The maximum atomic E-state index is 13.0. The summed E-state index contributed by atoms with van der Waals surface area (Å²) in [5.74, 6) is 1.33. The zero-order valence-electron chi connectivity index (χ0n) is 19.0. The van der Waals surface area contributed by atoms with E-state index in [-0.39, 0.29) is 12.4 Å². The SMILES string of the molecule is COC(=O)c1c(OCCc2ccsc2)cc(=O)n2c1CCN(Cc1cccc3c1OCO3)CC2. The number of pyridine rings is 1. The second-order valence-corrected chi connectivity index (χ2v) is 9.00. The topological polar surface area (TPSA) is 79.2 Å². The van der Waals surface area contributed by atoms with Crippen molar-refractivity contribution in [1.82, 2.24) is 9.47 Å². The minimum atomic E-state index is -0.492. The van der Waals surface area contributed by atoms with Crippen LogP contribution in [0.25, 0.3) is 0 Å². The van der Waals surface area contributed by atoms with E-state index in [0.717, 1.165) is 22.6 Å². The smallest absolute Gasteiger partial charge is 0.343 e. The van der Waals surface area contributed by atoms with Gasteiger partial charge in [-0.15, -0.1) is 0 Å². The summed E-state index contributed by atoms with van der Waals surface area (Å²) in [6, 6.07) is 9.32. The summed E-state index contributed by atoms with van der Waals surface area (Å²) in [7, 11) is 1.35. The van der Waals surface area contributed by atoms with Crippen molar-refractivity contribution in [3.05, 3.63) is 73.8 Å². The number of hydrogen-bond acceptors (Lipinski definition) is 8. The van der Waals surface area contributed by atoms with E-state index < -0.39 is 5.97 Å². The third kappa shape index (κ3) is 4.53. The number of hydrogen-bond donors (Lipinski definition) is 0. The van der Waals surface area contributed by atoms with Gasteiger partial charge in [-0.25, -0.2) is 4.79 Å². The molecule has 3 aromatic rings. The second-order valence-electron chi connectivity index (χ2n) is 8.22. The highest BCUT2D eigenvalue weighted by molar-refractivity contribution is 7.07. The molecule has 0 atom stereocenters. The van der Waals surface area contributed by atoms with Crippen LogP contribution in [0.1, 0.15) is 27.2 Å². The molecule has 5 rings (SSSR count). The van der Waals surface area contributed by atoms with E-state index in [1.807, 2.05) is 29.6 Å². The van der Waals surface area contributed by atoms with Gasteiger partial charge < -0.3 is 23.5 Å². The van der Waals surface area contributed by atoms with Crippen LogP contribution in [0.5, 0.6) is 17.2 Å². The number of benzene rings is 1. The highest BCUT2D eigenvalue weighted by Gasteiger charge is 2.27. The van der Waals surface area contributed by atoms with E-state index in [4.69, 9.17) is 18.9 Å². The van der Waals surface area contributed by atoms with Crippen molar-refractivity contribution in [3.63, 3.8) is 0 Å². The first-order valence-electron chi connectivity index (χ1n) is 11.2. The van der Waals surface area contributed by atoms with Gasteiger partial charge in [0.05, 0.1) is 13.7 Å². The Hall–Kier alpha value is -3.30. The molecule has 1 aromatic carbocycles. The number of fused-ring (bicyclic) bond motifs is 2. The molecule has 4 heterocycles. The van der Waals surface area contributed by atoms with Gasteiger partial charge in [-0.1, -0.05) is 12.1 Å². The molecule has 0 fully saturated rings. The molecule has 8 nitrogen and oxygen atoms in total. The highest BCUT2D eigenvalue weighted by Crippen LogP contribution is 2.36. The third-order valence-electron chi connectivity index (χ3n) is 6.18. The number of carbonyl (C=O) groups is 1. The van der Waals surface area contributed by atoms with Crippen molar-refractivity contribution in [3.8, 4) is 17.2 Å². The monoisotopic (exact) mass is 482 g/mol. The van der Waals surface area contributed by atoms with Crippen molar-refractivity contribution in [2.24, 2.45) is 0 Å². The van der Waals surface area contributed by atoms with Gasteiger partial charge in [0, 0.05) is 56.3 Å². The fourth-order valence-electron chi connectivity index (χ4n) is 4.46. The Bertz CT molecular complexity index is 1240. The molecule has 2 aromatic heterocycles. The average molecular weight is 483 g/mol. The molecule has 178 valence electrons. The van der Waals surface area contributed by atoms with Crippen LogP contribution in [-0.4, -0.2) is 49.0 Å². The molecule has 0 amide bonds. The Kier molecular flexibility index (Phi) is 6.55. The summed E-state index contributed by atoms with van der Waals surface area (Å²) in [6.45, 7) is 3.07. The molecule has 2 aliphatic rings. The van der Waals surface area contributed by atoms with Gasteiger partial charge in [-0.3, -0.25) is 9.69 Å². The largest absolute Gasteiger partial charge is 0.492 e. The molecule has 0 saturated heterocycles. The third-order valence-corrected chi connectivity index (χ3v) is 6.91. The first-order chi connectivity index (χ1) is 16.6. The zero-order valence-corrected chi connectivity index (χ0v) is 19.8. The number of thiophene rings is 1. The summed E-state index contributed by atoms with van der Waals surface area (Å²) in [4.78, 5) is 28.0. The zero-order chi connectivity index (χ0) is 23.5. The predicted molar refractivity (Wildman–Crippen MR) is 127 cm³/mol. The molecule has 0 N–H and O–H groups in total. The van der Waals surface area contributed by atoms with Crippen molar-refractivity contribution < 1.29 is 23.7 Å². The first kappa shape index (κ1) is 22.5. The molecule has 0 saturated carbocycles. The summed E-state index contributed by atoms with van der Waals surface area (Å²) < 4.78 is 23.8. The van der Waals surface area contributed by atoms with Crippen molar-refractivity contribution in [2.75, 3.05) is 33.6 Å². The van der Waals surface area contributed by atoms with Crippen molar-refractivity contribution in [2.45, 2.75) is 25.9 Å². The summed E-state index contributed by atoms with van der Waals surface area (Å²) >= 11 is 1.63. The number of carbonyl (C=O) groups excluding carboxylic acids is 1. The number of ether oxygens (including phenoxy) is 4. The van der Waals surface area contributed by atoms with Crippen LogP contribution < -0.4 is 19.8 Å². The normalized spacial score (nSPS) is 15.0. The second kappa shape index (κ2) is 9.90. The maximum Gasteiger partial charge on any atom is 0.343 e. The summed E-state index contributed by atoms with van der Waals surface area (Å²) in [5.41, 5.74) is 3.02.